The van der Waals surface area contributed by atoms with Gasteiger partial charge in [0.1, 0.15) is 6.61 Å². The molecule has 23 heavy (non-hydrogen) atoms. The summed E-state index contributed by atoms with van der Waals surface area (Å²) >= 11 is 0. The number of halogens is 3. The predicted molar refractivity (Wildman–Crippen MR) is 75.4 cm³/mol. The van der Waals surface area contributed by atoms with Gasteiger partial charge in [-0.05, 0) is 18.4 Å². The Morgan fingerprint density at radius 3 is 2.35 bits per heavy atom. The molecule has 1 aromatic carbocycles. The highest BCUT2D eigenvalue weighted by Gasteiger charge is 2.40. The van der Waals surface area contributed by atoms with Crippen LogP contribution in [0.15, 0.2) is 30.3 Å². The van der Waals surface area contributed by atoms with Crippen molar-refractivity contribution in [1.82, 2.24) is 10.2 Å². The van der Waals surface area contributed by atoms with Gasteiger partial charge in [-0.25, -0.2) is 4.79 Å². The number of nitrogens with one attached hydrogen (secondary N) is 1. The molecule has 0 bridgehead atoms. The third-order valence-electron chi connectivity index (χ3n) is 3.55. The highest BCUT2D eigenvalue weighted by molar-refractivity contribution is 5.82. The van der Waals surface area contributed by atoms with Gasteiger partial charge in [0.15, 0.2) is 0 Å². The van der Waals surface area contributed by atoms with Crippen LogP contribution < -0.4 is 5.32 Å². The molecule has 0 unspecified atom stereocenters. The molecule has 0 aromatic heterocycles. The summed E-state index contributed by atoms with van der Waals surface area (Å²) in [5, 5.41) is 1.93. The molecule has 1 aliphatic heterocycles. The highest BCUT2D eigenvalue weighted by atomic mass is 19.4. The fraction of sp³-hybridized carbons (Fsp3) is 0.467. The van der Waals surface area contributed by atoms with Gasteiger partial charge >= 0.3 is 18.2 Å². The van der Waals surface area contributed by atoms with Crippen LogP contribution in [0.2, 0.25) is 0 Å². The van der Waals surface area contributed by atoms with E-state index in [1.54, 1.807) is 0 Å². The Balaban J connectivity index is 1.73. The number of piperidine rings is 1. The van der Waals surface area contributed by atoms with E-state index in [1.807, 2.05) is 35.6 Å². The first-order valence-corrected chi connectivity index (χ1v) is 7.19. The molecule has 1 fully saturated rings. The monoisotopic (exact) mass is 330 g/mol. The van der Waals surface area contributed by atoms with E-state index in [9.17, 15) is 22.8 Å². The minimum Gasteiger partial charge on any atom is -0.445 e. The molecule has 2 amide bonds. The molecule has 1 heterocycles. The molecular formula is C15H17F3N2O3. The topological polar surface area (TPSA) is 58.6 Å². The van der Waals surface area contributed by atoms with E-state index in [1.165, 1.54) is 4.90 Å². The number of carbonyl (C=O) groups excluding carboxylic acids is 2. The number of carbonyl (C=O) groups is 2. The second kappa shape index (κ2) is 7.34. The van der Waals surface area contributed by atoms with E-state index in [-0.39, 0.29) is 32.5 Å². The molecule has 1 saturated heterocycles. The zero-order chi connectivity index (χ0) is 16.9. The Kier molecular flexibility index (Phi) is 5.46. The van der Waals surface area contributed by atoms with E-state index in [0.717, 1.165) is 5.56 Å². The number of hydrogen-bond acceptors (Lipinski definition) is 3. The SMILES string of the molecule is O=C(OCc1ccccc1)N1CCC(NC(=O)C(F)(F)F)CC1. The predicted octanol–water partition coefficient (Wildman–Crippen LogP) is 2.47. The summed E-state index contributed by atoms with van der Waals surface area (Å²) in [4.78, 5) is 24.2. The summed E-state index contributed by atoms with van der Waals surface area (Å²) in [6.07, 6.45) is -4.86. The average Bonchev–Trinajstić information content (AvgIpc) is 2.53. The molecule has 5 nitrogen and oxygen atoms in total. The molecule has 0 spiro atoms. The Morgan fingerprint density at radius 1 is 1.17 bits per heavy atom. The summed E-state index contributed by atoms with van der Waals surface area (Å²) in [5.41, 5.74) is 0.855. The van der Waals surface area contributed by atoms with Crippen molar-refractivity contribution in [2.24, 2.45) is 0 Å². The average molecular weight is 330 g/mol. The summed E-state index contributed by atoms with van der Waals surface area (Å²) < 4.78 is 41.7. The van der Waals surface area contributed by atoms with Gasteiger partial charge in [-0.15, -0.1) is 0 Å². The van der Waals surface area contributed by atoms with Crippen molar-refractivity contribution in [3.8, 4) is 0 Å². The number of benzene rings is 1. The molecule has 1 aromatic rings. The van der Waals surface area contributed by atoms with E-state index in [2.05, 4.69) is 0 Å². The van der Waals surface area contributed by atoms with E-state index in [0.29, 0.717) is 0 Å². The van der Waals surface area contributed by atoms with Gasteiger partial charge in [0.05, 0.1) is 0 Å². The van der Waals surface area contributed by atoms with Crippen LogP contribution in [0.4, 0.5) is 18.0 Å². The first-order chi connectivity index (χ1) is 10.9. The first-order valence-electron chi connectivity index (χ1n) is 7.19. The second-order valence-electron chi connectivity index (χ2n) is 5.27. The van der Waals surface area contributed by atoms with Crippen molar-refractivity contribution in [1.29, 1.82) is 0 Å². The molecular weight excluding hydrogens is 313 g/mol. The van der Waals surface area contributed by atoms with Crippen LogP contribution in [0, 0.1) is 0 Å². The van der Waals surface area contributed by atoms with Gasteiger partial charge in [-0.2, -0.15) is 13.2 Å². The number of nitrogens with zero attached hydrogens (tertiary/aromatic N) is 1. The van der Waals surface area contributed by atoms with Crippen molar-refractivity contribution in [3.05, 3.63) is 35.9 Å². The molecule has 1 aliphatic rings. The van der Waals surface area contributed by atoms with Crippen molar-refractivity contribution >= 4 is 12.0 Å². The van der Waals surface area contributed by atoms with Gasteiger partial charge in [-0.3, -0.25) is 4.79 Å². The maximum atomic E-state index is 12.2. The molecule has 126 valence electrons. The molecule has 2 rings (SSSR count). The van der Waals surface area contributed by atoms with E-state index >= 15 is 0 Å². The zero-order valence-corrected chi connectivity index (χ0v) is 12.3. The third-order valence-corrected chi connectivity index (χ3v) is 3.55. The third kappa shape index (κ3) is 5.15. The lowest BCUT2D eigenvalue weighted by Gasteiger charge is -2.31. The lowest BCUT2D eigenvalue weighted by molar-refractivity contribution is -0.174. The minimum absolute atomic E-state index is 0.143. The van der Waals surface area contributed by atoms with Crippen molar-refractivity contribution < 1.29 is 27.5 Å². The summed E-state index contributed by atoms with van der Waals surface area (Å²) in [6.45, 7) is 0.636. The summed E-state index contributed by atoms with van der Waals surface area (Å²) in [7, 11) is 0. The Morgan fingerprint density at radius 2 is 1.78 bits per heavy atom. The fourth-order valence-corrected chi connectivity index (χ4v) is 2.28. The molecule has 1 N–H and O–H groups in total. The standard InChI is InChI=1S/C15H17F3N2O3/c16-15(17,18)13(21)19-12-6-8-20(9-7-12)14(22)23-10-11-4-2-1-3-5-11/h1-5,12H,6-10H2,(H,19,21). The lowest BCUT2D eigenvalue weighted by Crippen LogP contribution is -2.49. The van der Waals surface area contributed by atoms with Crippen molar-refractivity contribution in [2.45, 2.75) is 31.7 Å². The number of rotatable bonds is 3. The molecule has 0 aliphatic carbocycles. The number of amides is 2. The summed E-state index contributed by atoms with van der Waals surface area (Å²) in [6, 6.07) is 8.59. The molecule has 0 atom stereocenters. The fourth-order valence-electron chi connectivity index (χ4n) is 2.28. The number of ether oxygens (including phenoxy) is 1. The Labute approximate surface area is 131 Å². The van der Waals surface area contributed by atoms with Crippen LogP contribution >= 0.6 is 0 Å². The lowest BCUT2D eigenvalue weighted by atomic mass is 10.1. The van der Waals surface area contributed by atoms with Crippen LogP contribution in [0.1, 0.15) is 18.4 Å². The zero-order valence-electron chi connectivity index (χ0n) is 12.3. The molecule has 0 radical (unpaired) electrons. The van der Waals surface area contributed by atoms with Crippen LogP contribution in [-0.4, -0.2) is 42.2 Å². The van der Waals surface area contributed by atoms with Crippen LogP contribution in [0.3, 0.4) is 0 Å². The number of likely N-dealkylation sites (tertiary alicyclic amines) is 1. The highest BCUT2D eigenvalue weighted by Crippen LogP contribution is 2.17. The Hall–Kier alpha value is -2.25. The maximum Gasteiger partial charge on any atom is 0.471 e. The van der Waals surface area contributed by atoms with E-state index in [4.69, 9.17) is 4.74 Å². The Bertz CT molecular complexity index is 541. The van der Waals surface area contributed by atoms with Crippen LogP contribution in [0.25, 0.3) is 0 Å². The first kappa shape index (κ1) is 17.1. The maximum absolute atomic E-state index is 12.2. The molecule has 8 heteroatoms. The van der Waals surface area contributed by atoms with Crippen LogP contribution in [0.5, 0.6) is 0 Å². The number of alkyl halides is 3. The van der Waals surface area contributed by atoms with E-state index < -0.39 is 24.2 Å². The summed E-state index contributed by atoms with van der Waals surface area (Å²) in [5.74, 6) is -1.94. The second-order valence-corrected chi connectivity index (χ2v) is 5.27. The molecule has 0 saturated carbocycles. The van der Waals surface area contributed by atoms with Gasteiger partial charge in [0.25, 0.3) is 0 Å². The smallest absolute Gasteiger partial charge is 0.445 e. The van der Waals surface area contributed by atoms with Crippen molar-refractivity contribution in [3.63, 3.8) is 0 Å². The normalized spacial score (nSPS) is 16.0. The van der Waals surface area contributed by atoms with Gasteiger partial charge in [-0.1, -0.05) is 30.3 Å². The van der Waals surface area contributed by atoms with Crippen molar-refractivity contribution in [2.75, 3.05) is 13.1 Å². The number of hydrogen-bond donors (Lipinski definition) is 1. The quantitative estimate of drug-likeness (QED) is 0.926. The van der Waals surface area contributed by atoms with Gasteiger partial charge < -0.3 is 15.0 Å². The largest absolute Gasteiger partial charge is 0.471 e. The van der Waals surface area contributed by atoms with Crippen LogP contribution in [-0.2, 0) is 16.1 Å². The van der Waals surface area contributed by atoms with Gasteiger partial charge in [0, 0.05) is 19.1 Å². The van der Waals surface area contributed by atoms with Gasteiger partial charge in [0.2, 0.25) is 0 Å². The minimum atomic E-state index is -4.88.